The first-order valence-electron chi connectivity index (χ1n) is 5.71. The summed E-state index contributed by atoms with van der Waals surface area (Å²) in [7, 11) is 1.91. The lowest BCUT2D eigenvalue weighted by molar-refractivity contribution is 0.622. The molecule has 18 heavy (non-hydrogen) atoms. The molecule has 3 nitrogen and oxygen atoms in total. The summed E-state index contributed by atoms with van der Waals surface area (Å²) in [6, 6.07) is 4.71. The fraction of sp³-hybridized carbons (Fsp3) is 0.308. The zero-order valence-corrected chi connectivity index (χ0v) is 12.0. The lowest BCUT2D eigenvalue weighted by Gasteiger charge is -2.04. The highest BCUT2D eigenvalue weighted by molar-refractivity contribution is 9.10. The molecule has 1 heterocycles. The fourth-order valence-corrected chi connectivity index (χ4v) is 2.30. The third-order valence-electron chi connectivity index (χ3n) is 2.76. The first-order chi connectivity index (χ1) is 8.60. The molecule has 0 saturated carbocycles. The van der Waals surface area contributed by atoms with Gasteiger partial charge in [-0.2, -0.15) is 5.10 Å². The Bertz CT molecular complexity index is 551. The highest BCUT2D eigenvalue weighted by Gasteiger charge is 2.07. The minimum atomic E-state index is -0.238. The van der Waals surface area contributed by atoms with Gasteiger partial charge in [0.1, 0.15) is 5.82 Å². The largest absolute Gasteiger partial charge is 0.316 e. The highest BCUT2D eigenvalue weighted by Crippen LogP contribution is 2.19. The molecule has 0 aliphatic heterocycles. The zero-order valence-electron chi connectivity index (χ0n) is 10.4. The molecule has 0 saturated heterocycles. The summed E-state index contributed by atoms with van der Waals surface area (Å²) in [4.78, 5) is 0. The summed E-state index contributed by atoms with van der Waals surface area (Å²) in [5, 5.41) is 7.56. The number of nitrogens with zero attached hydrogens (tertiary/aromatic N) is 2. The predicted octanol–water partition coefficient (Wildman–Crippen LogP) is 2.86. The van der Waals surface area contributed by atoms with Crippen LogP contribution in [0.25, 0.3) is 0 Å². The summed E-state index contributed by atoms with van der Waals surface area (Å²) >= 11 is 3.37. The second-order valence-corrected chi connectivity index (χ2v) is 5.06. The molecule has 1 aromatic heterocycles. The van der Waals surface area contributed by atoms with Crippen molar-refractivity contribution in [1.29, 1.82) is 0 Å². The maximum Gasteiger partial charge on any atom is 0.124 e. The van der Waals surface area contributed by atoms with Crippen LogP contribution in [-0.2, 0) is 13.1 Å². The van der Waals surface area contributed by atoms with Gasteiger partial charge in [0, 0.05) is 22.8 Å². The van der Waals surface area contributed by atoms with Crippen LogP contribution in [0, 0.1) is 12.7 Å². The van der Waals surface area contributed by atoms with E-state index in [1.165, 1.54) is 17.7 Å². The lowest BCUT2D eigenvalue weighted by Crippen LogP contribution is -2.05. The smallest absolute Gasteiger partial charge is 0.124 e. The Balaban J connectivity index is 2.20. The van der Waals surface area contributed by atoms with E-state index >= 15 is 0 Å². The molecule has 0 bridgehead atoms. The predicted molar refractivity (Wildman–Crippen MR) is 72.9 cm³/mol. The van der Waals surface area contributed by atoms with Crippen LogP contribution >= 0.6 is 15.9 Å². The van der Waals surface area contributed by atoms with Gasteiger partial charge in [-0.1, -0.05) is 22.0 Å². The number of hydrogen-bond donors (Lipinski definition) is 1. The van der Waals surface area contributed by atoms with Gasteiger partial charge < -0.3 is 5.32 Å². The first kappa shape index (κ1) is 13.2. The standard InChI is InChI=1S/C13H15BrFN3/c1-9-11(6-16-2)8-18(17-9)7-10-3-4-12(15)5-13(10)14/h3-5,8,16H,6-7H2,1-2H3. The maximum atomic E-state index is 13.0. The van der Waals surface area contributed by atoms with Crippen molar-refractivity contribution < 1.29 is 4.39 Å². The van der Waals surface area contributed by atoms with Crippen molar-refractivity contribution in [3.05, 3.63) is 51.5 Å². The summed E-state index contributed by atoms with van der Waals surface area (Å²) in [5.74, 6) is -0.238. The molecule has 0 aliphatic rings. The van der Waals surface area contributed by atoms with Crippen LogP contribution in [0.2, 0.25) is 0 Å². The minimum Gasteiger partial charge on any atom is -0.316 e. The van der Waals surface area contributed by atoms with Crippen molar-refractivity contribution in [3.63, 3.8) is 0 Å². The molecule has 0 unspecified atom stereocenters. The zero-order chi connectivity index (χ0) is 13.1. The molecule has 0 spiro atoms. The van der Waals surface area contributed by atoms with E-state index in [0.29, 0.717) is 6.54 Å². The molecule has 5 heteroatoms. The number of halogens is 2. The van der Waals surface area contributed by atoms with Crippen molar-refractivity contribution in [1.82, 2.24) is 15.1 Å². The molecule has 2 aromatic rings. The molecule has 1 N–H and O–H groups in total. The van der Waals surface area contributed by atoms with Gasteiger partial charge in [-0.3, -0.25) is 4.68 Å². The van der Waals surface area contributed by atoms with Gasteiger partial charge in [-0.05, 0) is 31.7 Å². The van der Waals surface area contributed by atoms with Crippen LogP contribution in [0.4, 0.5) is 4.39 Å². The van der Waals surface area contributed by atoms with Crippen LogP contribution in [0.3, 0.4) is 0 Å². The number of aryl methyl sites for hydroxylation is 1. The molecule has 0 atom stereocenters. The molecule has 1 aromatic carbocycles. The van der Waals surface area contributed by atoms with E-state index in [9.17, 15) is 4.39 Å². The molecule has 0 amide bonds. The Hall–Kier alpha value is -1.20. The quantitative estimate of drug-likeness (QED) is 0.941. The number of aromatic nitrogens is 2. The van der Waals surface area contributed by atoms with Crippen molar-refractivity contribution in [3.8, 4) is 0 Å². The van der Waals surface area contributed by atoms with Gasteiger partial charge in [-0.25, -0.2) is 4.39 Å². The molecular weight excluding hydrogens is 297 g/mol. The second-order valence-electron chi connectivity index (χ2n) is 4.20. The summed E-state index contributed by atoms with van der Waals surface area (Å²) < 4.78 is 15.6. The number of nitrogens with one attached hydrogen (secondary N) is 1. The monoisotopic (exact) mass is 311 g/mol. The normalized spacial score (nSPS) is 10.9. The molecule has 96 valence electrons. The second kappa shape index (κ2) is 5.63. The summed E-state index contributed by atoms with van der Waals surface area (Å²) in [6.07, 6.45) is 2.02. The van der Waals surface area contributed by atoms with Crippen LogP contribution in [0.5, 0.6) is 0 Å². The Labute approximate surface area is 114 Å². The van der Waals surface area contributed by atoms with Gasteiger partial charge in [0.15, 0.2) is 0 Å². The number of rotatable bonds is 4. The van der Waals surface area contributed by atoms with Gasteiger partial charge >= 0.3 is 0 Å². The lowest BCUT2D eigenvalue weighted by atomic mass is 10.2. The Morgan fingerprint density at radius 2 is 2.17 bits per heavy atom. The Kier molecular flexibility index (Phi) is 4.14. The van der Waals surface area contributed by atoms with Crippen molar-refractivity contribution in [2.24, 2.45) is 0 Å². The highest BCUT2D eigenvalue weighted by atomic mass is 79.9. The van der Waals surface area contributed by atoms with E-state index in [0.717, 1.165) is 22.3 Å². The Morgan fingerprint density at radius 3 is 2.83 bits per heavy atom. The van der Waals surface area contributed by atoms with E-state index in [4.69, 9.17) is 0 Å². The molecule has 2 rings (SSSR count). The molecule has 0 radical (unpaired) electrons. The number of hydrogen-bond acceptors (Lipinski definition) is 2. The molecule has 0 fully saturated rings. The van der Waals surface area contributed by atoms with Crippen LogP contribution in [0.15, 0.2) is 28.9 Å². The van der Waals surface area contributed by atoms with E-state index in [1.807, 2.05) is 24.9 Å². The van der Waals surface area contributed by atoms with E-state index < -0.39 is 0 Å². The van der Waals surface area contributed by atoms with Crippen molar-refractivity contribution >= 4 is 15.9 Å². The number of benzene rings is 1. The van der Waals surface area contributed by atoms with Gasteiger partial charge in [0.2, 0.25) is 0 Å². The van der Waals surface area contributed by atoms with E-state index in [2.05, 4.69) is 26.3 Å². The molecule has 0 aliphatic carbocycles. The van der Waals surface area contributed by atoms with Crippen LogP contribution in [0.1, 0.15) is 16.8 Å². The third kappa shape index (κ3) is 2.97. The average Bonchev–Trinajstić information content (AvgIpc) is 2.64. The fourth-order valence-electron chi connectivity index (χ4n) is 1.83. The van der Waals surface area contributed by atoms with Crippen molar-refractivity contribution in [2.75, 3.05) is 7.05 Å². The van der Waals surface area contributed by atoms with E-state index in [1.54, 1.807) is 6.07 Å². The average molecular weight is 312 g/mol. The van der Waals surface area contributed by atoms with Gasteiger partial charge in [0.05, 0.1) is 12.2 Å². The van der Waals surface area contributed by atoms with Crippen LogP contribution in [-0.4, -0.2) is 16.8 Å². The van der Waals surface area contributed by atoms with E-state index in [-0.39, 0.29) is 5.82 Å². The molecular formula is C13H15BrFN3. The minimum absolute atomic E-state index is 0.238. The Morgan fingerprint density at radius 1 is 1.39 bits per heavy atom. The van der Waals surface area contributed by atoms with Gasteiger partial charge in [0.25, 0.3) is 0 Å². The first-order valence-corrected chi connectivity index (χ1v) is 6.51. The third-order valence-corrected chi connectivity index (χ3v) is 3.50. The maximum absolute atomic E-state index is 13.0. The summed E-state index contributed by atoms with van der Waals surface area (Å²) in [6.45, 7) is 3.42. The topological polar surface area (TPSA) is 29.9 Å². The van der Waals surface area contributed by atoms with Gasteiger partial charge in [-0.15, -0.1) is 0 Å². The van der Waals surface area contributed by atoms with Crippen molar-refractivity contribution in [2.45, 2.75) is 20.0 Å². The SMILES string of the molecule is CNCc1cn(Cc2ccc(F)cc2Br)nc1C. The van der Waals surface area contributed by atoms with Crippen LogP contribution < -0.4 is 5.32 Å². The summed E-state index contributed by atoms with van der Waals surface area (Å²) in [5.41, 5.74) is 3.20.